The molecule has 2 N–H and O–H groups in total. The molecule has 0 atom stereocenters. The van der Waals surface area contributed by atoms with Crippen molar-refractivity contribution in [3.8, 4) is 0 Å². The van der Waals surface area contributed by atoms with Crippen molar-refractivity contribution < 1.29 is 8.42 Å². The van der Waals surface area contributed by atoms with Crippen molar-refractivity contribution in [2.75, 3.05) is 12.3 Å². The lowest BCUT2D eigenvalue weighted by atomic mass is 10.1. The maximum atomic E-state index is 12.8. The molecule has 0 aliphatic carbocycles. The van der Waals surface area contributed by atoms with E-state index in [9.17, 15) is 8.42 Å². The van der Waals surface area contributed by atoms with Crippen molar-refractivity contribution in [2.45, 2.75) is 51.5 Å². The van der Waals surface area contributed by atoms with E-state index in [4.69, 9.17) is 5.73 Å². The molecule has 0 aromatic carbocycles. The van der Waals surface area contributed by atoms with Crippen LogP contribution in [0.25, 0.3) is 0 Å². The van der Waals surface area contributed by atoms with Gasteiger partial charge >= 0.3 is 0 Å². The number of nitrogens with zero attached hydrogens (tertiary/aromatic N) is 2. The van der Waals surface area contributed by atoms with Gasteiger partial charge in [-0.05, 0) is 30.9 Å². The smallest absolute Gasteiger partial charge is 0.244 e. The summed E-state index contributed by atoms with van der Waals surface area (Å²) in [6, 6.07) is 3.06. The number of aromatic nitrogens is 1. The third kappa shape index (κ3) is 3.93. The van der Waals surface area contributed by atoms with Crippen molar-refractivity contribution >= 4 is 15.8 Å². The molecule has 1 heterocycles. The van der Waals surface area contributed by atoms with Gasteiger partial charge in [0.2, 0.25) is 10.0 Å². The highest BCUT2D eigenvalue weighted by Crippen LogP contribution is 2.22. The largest absolute Gasteiger partial charge is 0.384 e. The number of sulfonamides is 1. The van der Waals surface area contributed by atoms with Gasteiger partial charge in [0.05, 0.1) is 0 Å². The zero-order valence-electron chi connectivity index (χ0n) is 12.7. The molecule has 5 nitrogen and oxygen atoms in total. The van der Waals surface area contributed by atoms with Crippen molar-refractivity contribution in [3.05, 3.63) is 18.3 Å². The first-order valence-electron chi connectivity index (χ1n) is 7.06. The summed E-state index contributed by atoms with van der Waals surface area (Å²) in [6.07, 6.45) is 2.93. The topological polar surface area (TPSA) is 76.3 Å². The number of rotatable bonds is 7. The molecular weight excluding hydrogens is 274 g/mol. The van der Waals surface area contributed by atoms with E-state index in [0.29, 0.717) is 12.4 Å². The van der Waals surface area contributed by atoms with Crippen LogP contribution in [0.1, 0.15) is 40.5 Å². The van der Waals surface area contributed by atoms with Gasteiger partial charge < -0.3 is 5.73 Å². The highest BCUT2D eigenvalue weighted by atomic mass is 32.2. The van der Waals surface area contributed by atoms with Crippen molar-refractivity contribution in [1.82, 2.24) is 9.29 Å². The highest BCUT2D eigenvalue weighted by Gasteiger charge is 2.30. The number of hydrogen-bond donors (Lipinski definition) is 1. The lowest BCUT2D eigenvalue weighted by molar-refractivity contribution is 0.277. The third-order valence-corrected chi connectivity index (χ3v) is 5.16. The average molecular weight is 299 g/mol. The summed E-state index contributed by atoms with van der Waals surface area (Å²) in [4.78, 5) is 4.10. The minimum absolute atomic E-state index is 0.0138. The first-order chi connectivity index (χ1) is 9.32. The molecule has 0 aliphatic heterocycles. The van der Waals surface area contributed by atoms with Gasteiger partial charge in [0.25, 0.3) is 0 Å². The van der Waals surface area contributed by atoms with Crippen LogP contribution < -0.4 is 5.73 Å². The molecule has 0 amide bonds. The van der Waals surface area contributed by atoms with Gasteiger partial charge in [-0.25, -0.2) is 13.4 Å². The molecule has 0 bridgehead atoms. The summed E-state index contributed by atoms with van der Waals surface area (Å²) < 4.78 is 27.2. The van der Waals surface area contributed by atoms with Gasteiger partial charge in [0.15, 0.2) is 0 Å². The third-order valence-electron chi connectivity index (χ3n) is 3.26. The molecule has 0 unspecified atom stereocenters. The van der Waals surface area contributed by atoms with Crippen LogP contribution in [0, 0.1) is 5.92 Å². The Balaban J connectivity index is 3.19. The molecule has 20 heavy (non-hydrogen) atoms. The molecule has 114 valence electrons. The molecule has 1 aromatic rings. The standard InChI is InChI=1S/C14H25N3O2S/c1-5-12(6-2)17(10-11(3)4)20(18,19)13-7-8-14(15)16-9-13/h7-9,11-12H,5-6,10H2,1-4H3,(H2,15,16). The molecule has 1 aromatic heterocycles. The summed E-state index contributed by atoms with van der Waals surface area (Å²) >= 11 is 0. The molecule has 0 aliphatic rings. The fourth-order valence-electron chi connectivity index (χ4n) is 2.18. The SMILES string of the molecule is CCC(CC)N(CC(C)C)S(=O)(=O)c1ccc(N)nc1. The molecule has 0 spiro atoms. The van der Waals surface area contributed by atoms with Gasteiger partial charge in [-0.3, -0.25) is 0 Å². The van der Waals surface area contributed by atoms with Gasteiger partial charge in [-0.1, -0.05) is 27.7 Å². The van der Waals surface area contributed by atoms with Crippen LogP contribution in [0.5, 0.6) is 0 Å². The molecule has 0 saturated carbocycles. The van der Waals surface area contributed by atoms with E-state index >= 15 is 0 Å². The maximum absolute atomic E-state index is 12.8. The van der Waals surface area contributed by atoms with Crippen LogP contribution in [-0.2, 0) is 10.0 Å². The minimum Gasteiger partial charge on any atom is -0.384 e. The lowest BCUT2D eigenvalue weighted by Crippen LogP contribution is -2.42. The van der Waals surface area contributed by atoms with Crippen LogP contribution >= 0.6 is 0 Å². The van der Waals surface area contributed by atoms with Crippen molar-refractivity contribution in [2.24, 2.45) is 5.92 Å². The second-order valence-corrected chi connectivity index (χ2v) is 7.25. The van der Waals surface area contributed by atoms with E-state index in [-0.39, 0.29) is 16.9 Å². The van der Waals surface area contributed by atoms with Crippen LogP contribution in [0.4, 0.5) is 5.82 Å². The fourth-order valence-corrected chi connectivity index (χ4v) is 4.06. The van der Waals surface area contributed by atoms with Crippen LogP contribution in [0.2, 0.25) is 0 Å². The second-order valence-electron chi connectivity index (χ2n) is 5.36. The number of nitrogen functional groups attached to an aromatic ring is 1. The van der Waals surface area contributed by atoms with E-state index in [1.807, 2.05) is 27.7 Å². The summed E-state index contributed by atoms with van der Waals surface area (Å²) in [7, 11) is -3.52. The van der Waals surface area contributed by atoms with Gasteiger partial charge in [0, 0.05) is 18.8 Å². The number of anilines is 1. The predicted octanol–water partition coefficient (Wildman–Crippen LogP) is 2.50. The van der Waals surface area contributed by atoms with Crippen LogP contribution in [0.3, 0.4) is 0 Å². The van der Waals surface area contributed by atoms with E-state index in [0.717, 1.165) is 12.8 Å². The highest BCUT2D eigenvalue weighted by molar-refractivity contribution is 7.89. The molecule has 6 heteroatoms. The quantitative estimate of drug-likeness (QED) is 0.839. The number of nitrogens with two attached hydrogens (primary N) is 1. The molecule has 1 rings (SSSR count). The summed E-state index contributed by atoms with van der Waals surface area (Å²) in [5, 5.41) is 0. The zero-order valence-corrected chi connectivity index (χ0v) is 13.5. The monoisotopic (exact) mass is 299 g/mol. The van der Waals surface area contributed by atoms with E-state index in [2.05, 4.69) is 4.98 Å². The Hall–Kier alpha value is -1.14. The van der Waals surface area contributed by atoms with E-state index in [1.165, 1.54) is 18.3 Å². The van der Waals surface area contributed by atoms with Gasteiger partial charge in [-0.15, -0.1) is 0 Å². The van der Waals surface area contributed by atoms with E-state index < -0.39 is 10.0 Å². The summed E-state index contributed by atoms with van der Waals surface area (Å²) in [5.74, 6) is 0.592. The fraction of sp³-hybridized carbons (Fsp3) is 0.643. The first-order valence-corrected chi connectivity index (χ1v) is 8.50. The van der Waals surface area contributed by atoms with E-state index in [1.54, 1.807) is 4.31 Å². The molecule has 0 fully saturated rings. The Morgan fingerprint density at radius 1 is 1.25 bits per heavy atom. The zero-order chi connectivity index (χ0) is 15.3. The Morgan fingerprint density at radius 3 is 2.25 bits per heavy atom. The second kappa shape index (κ2) is 7.04. The Bertz CT molecular complexity index is 508. The molecule has 0 saturated heterocycles. The summed E-state index contributed by atoms with van der Waals surface area (Å²) in [5.41, 5.74) is 5.52. The number of pyridine rings is 1. The summed E-state index contributed by atoms with van der Waals surface area (Å²) in [6.45, 7) is 8.58. The minimum atomic E-state index is -3.52. The number of hydrogen-bond acceptors (Lipinski definition) is 4. The van der Waals surface area contributed by atoms with Gasteiger partial charge in [-0.2, -0.15) is 4.31 Å². The Kier molecular flexibility index (Phi) is 5.95. The van der Waals surface area contributed by atoms with Crippen LogP contribution in [0.15, 0.2) is 23.2 Å². The van der Waals surface area contributed by atoms with Crippen molar-refractivity contribution in [3.63, 3.8) is 0 Å². The normalized spacial score (nSPS) is 12.6. The van der Waals surface area contributed by atoms with Crippen molar-refractivity contribution in [1.29, 1.82) is 0 Å². The molecule has 0 radical (unpaired) electrons. The maximum Gasteiger partial charge on any atom is 0.244 e. The Labute approximate surface area is 122 Å². The molecular formula is C14H25N3O2S. The van der Waals surface area contributed by atoms with Gasteiger partial charge in [0.1, 0.15) is 10.7 Å². The average Bonchev–Trinajstić information content (AvgIpc) is 2.39. The Morgan fingerprint density at radius 2 is 1.85 bits per heavy atom. The van der Waals surface area contributed by atoms with Crippen LogP contribution in [-0.4, -0.2) is 30.3 Å². The first kappa shape index (κ1) is 16.9. The lowest BCUT2D eigenvalue weighted by Gasteiger charge is -2.30. The predicted molar refractivity (Wildman–Crippen MR) is 81.7 cm³/mol.